The molecule has 1 atom stereocenters. The van der Waals surface area contributed by atoms with Crippen LogP contribution in [0.3, 0.4) is 0 Å². The maximum Gasteiger partial charge on any atom is 0.271 e. The van der Waals surface area contributed by atoms with Crippen LogP contribution in [0, 0.1) is 21.7 Å². The number of rotatable bonds is 4. The SMILES string of the molecule is C[C@H](Nc1ccc([N+](=O)[O-])cc1Cl)c1ccc(F)cc1F. The number of nitrogens with one attached hydrogen (secondary N) is 1. The second-order valence-corrected chi connectivity index (χ2v) is 4.86. The van der Waals surface area contributed by atoms with E-state index in [-0.39, 0.29) is 16.3 Å². The number of nitro groups is 1. The molecule has 0 aromatic heterocycles. The maximum atomic E-state index is 13.7. The lowest BCUT2D eigenvalue weighted by Gasteiger charge is -2.17. The molecule has 0 heterocycles. The summed E-state index contributed by atoms with van der Waals surface area (Å²) in [5, 5.41) is 13.7. The first kappa shape index (κ1) is 15.2. The van der Waals surface area contributed by atoms with Crippen molar-refractivity contribution in [3.05, 3.63) is 68.7 Å². The highest BCUT2D eigenvalue weighted by atomic mass is 35.5. The quantitative estimate of drug-likeness (QED) is 0.657. The van der Waals surface area contributed by atoms with Crippen LogP contribution in [-0.4, -0.2) is 4.92 Å². The van der Waals surface area contributed by atoms with Crippen molar-refractivity contribution in [1.82, 2.24) is 0 Å². The average molecular weight is 313 g/mol. The van der Waals surface area contributed by atoms with Crippen LogP contribution < -0.4 is 5.32 Å². The normalized spacial score (nSPS) is 12.0. The van der Waals surface area contributed by atoms with Crippen LogP contribution in [0.5, 0.6) is 0 Å². The number of nitrogens with zero attached hydrogens (tertiary/aromatic N) is 1. The number of benzene rings is 2. The highest BCUT2D eigenvalue weighted by molar-refractivity contribution is 6.33. The van der Waals surface area contributed by atoms with Crippen molar-refractivity contribution in [3.8, 4) is 0 Å². The molecule has 0 saturated heterocycles. The molecule has 0 spiro atoms. The standard InChI is InChI=1S/C14H11ClF2N2O2/c1-8(11-4-2-9(16)6-13(11)17)18-14-5-3-10(19(20)21)7-12(14)15/h2-8,18H,1H3/t8-/m0/s1. The number of halogens is 3. The summed E-state index contributed by atoms with van der Waals surface area (Å²) in [5.74, 6) is -1.33. The van der Waals surface area contributed by atoms with E-state index in [0.717, 1.165) is 12.1 Å². The van der Waals surface area contributed by atoms with E-state index in [1.54, 1.807) is 6.92 Å². The van der Waals surface area contributed by atoms with Crippen molar-refractivity contribution in [2.45, 2.75) is 13.0 Å². The molecule has 21 heavy (non-hydrogen) atoms. The molecule has 2 aromatic carbocycles. The van der Waals surface area contributed by atoms with Gasteiger partial charge in [0.2, 0.25) is 0 Å². The summed E-state index contributed by atoms with van der Waals surface area (Å²) in [7, 11) is 0. The molecule has 110 valence electrons. The Bertz CT molecular complexity index is 695. The summed E-state index contributed by atoms with van der Waals surface area (Å²) < 4.78 is 26.5. The molecule has 0 amide bonds. The summed E-state index contributed by atoms with van der Waals surface area (Å²) in [5.41, 5.74) is 0.565. The van der Waals surface area contributed by atoms with Crippen molar-refractivity contribution < 1.29 is 13.7 Å². The van der Waals surface area contributed by atoms with Crippen LogP contribution in [0.1, 0.15) is 18.5 Å². The predicted molar refractivity (Wildman–Crippen MR) is 76.5 cm³/mol. The van der Waals surface area contributed by atoms with E-state index in [2.05, 4.69) is 5.32 Å². The monoisotopic (exact) mass is 312 g/mol. The summed E-state index contributed by atoms with van der Waals surface area (Å²) >= 11 is 5.95. The molecule has 0 unspecified atom stereocenters. The van der Waals surface area contributed by atoms with E-state index in [1.807, 2.05) is 0 Å². The first-order chi connectivity index (χ1) is 9.88. The minimum Gasteiger partial charge on any atom is -0.377 e. The topological polar surface area (TPSA) is 55.2 Å². The Balaban J connectivity index is 2.23. The van der Waals surface area contributed by atoms with Gasteiger partial charge in [-0.25, -0.2) is 8.78 Å². The molecule has 1 N–H and O–H groups in total. The lowest BCUT2D eigenvalue weighted by molar-refractivity contribution is -0.384. The van der Waals surface area contributed by atoms with Gasteiger partial charge in [0.05, 0.1) is 21.7 Å². The Labute approximate surface area is 124 Å². The molecule has 4 nitrogen and oxygen atoms in total. The molecule has 7 heteroatoms. The Morgan fingerprint density at radius 2 is 1.95 bits per heavy atom. The van der Waals surface area contributed by atoms with Gasteiger partial charge in [-0.05, 0) is 19.1 Å². The third-order valence-corrected chi connectivity index (χ3v) is 3.28. The predicted octanol–water partition coefficient (Wildman–Crippen LogP) is 4.70. The Morgan fingerprint density at radius 3 is 2.52 bits per heavy atom. The van der Waals surface area contributed by atoms with Crippen LogP contribution in [0.25, 0.3) is 0 Å². The summed E-state index contributed by atoms with van der Waals surface area (Å²) in [4.78, 5) is 10.1. The molecule has 0 aliphatic rings. The molecular formula is C14H11ClF2N2O2. The summed E-state index contributed by atoms with van der Waals surface area (Å²) in [6, 6.07) is 6.75. The van der Waals surface area contributed by atoms with Crippen LogP contribution in [0.4, 0.5) is 20.2 Å². The molecule has 0 radical (unpaired) electrons. The van der Waals surface area contributed by atoms with Gasteiger partial charge in [-0.2, -0.15) is 0 Å². The van der Waals surface area contributed by atoms with E-state index >= 15 is 0 Å². The van der Waals surface area contributed by atoms with Crippen LogP contribution in [0.15, 0.2) is 36.4 Å². The second kappa shape index (κ2) is 6.05. The first-order valence-electron chi connectivity index (χ1n) is 6.04. The Hall–Kier alpha value is -2.21. The third-order valence-electron chi connectivity index (χ3n) is 2.96. The van der Waals surface area contributed by atoms with Gasteiger partial charge in [0, 0.05) is 23.8 Å². The van der Waals surface area contributed by atoms with E-state index in [1.165, 1.54) is 24.3 Å². The zero-order valence-corrected chi connectivity index (χ0v) is 11.7. The Kier molecular flexibility index (Phi) is 4.37. The lowest BCUT2D eigenvalue weighted by Crippen LogP contribution is -2.09. The van der Waals surface area contributed by atoms with Gasteiger partial charge in [0.25, 0.3) is 5.69 Å². The van der Waals surface area contributed by atoms with Crippen molar-refractivity contribution in [2.24, 2.45) is 0 Å². The molecule has 0 aliphatic carbocycles. The van der Waals surface area contributed by atoms with E-state index < -0.39 is 22.6 Å². The fourth-order valence-corrected chi connectivity index (χ4v) is 2.13. The summed E-state index contributed by atoms with van der Waals surface area (Å²) in [6.07, 6.45) is 0. The minimum atomic E-state index is -0.673. The van der Waals surface area contributed by atoms with Gasteiger partial charge in [-0.1, -0.05) is 17.7 Å². The van der Waals surface area contributed by atoms with E-state index in [0.29, 0.717) is 5.69 Å². The lowest BCUT2D eigenvalue weighted by atomic mass is 10.1. The number of nitro benzene ring substituents is 1. The van der Waals surface area contributed by atoms with Crippen molar-refractivity contribution >= 4 is 23.0 Å². The van der Waals surface area contributed by atoms with Crippen molar-refractivity contribution in [3.63, 3.8) is 0 Å². The van der Waals surface area contributed by atoms with Gasteiger partial charge in [-0.15, -0.1) is 0 Å². The molecule has 0 fully saturated rings. The van der Waals surface area contributed by atoms with Gasteiger partial charge in [0.15, 0.2) is 0 Å². The van der Waals surface area contributed by atoms with E-state index in [4.69, 9.17) is 11.6 Å². The van der Waals surface area contributed by atoms with E-state index in [9.17, 15) is 18.9 Å². The second-order valence-electron chi connectivity index (χ2n) is 4.45. The summed E-state index contributed by atoms with van der Waals surface area (Å²) in [6.45, 7) is 1.67. The van der Waals surface area contributed by atoms with Gasteiger partial charge >= 0.3 is 0 Å². The molecular weight excluding hydrogens is 302 g/mol. The number of anilines is 1. The molecule has 0 saturated carbocycles. The highest BCUT2D eigenvalue weighted by Gasteiger charge is 2.15. The fraction of sp³-hybridized carbons (Fsp3) is 0.143. The number of hydrogen-bond donors (Lipinski definition) is 1. The molecule has 2 rings (SSSR count). The maximum absolute atomic E-state index is 13.7. The fourth-order valence-electron chi connectivity index (χ4n) is 1.90. The number of hydrogen-bond acceptors (Lipinski definition) is 3. The first-order valence-corrected chi connectivity index (χ1v) is 6.41. The van der Waals surface area contributed by atoms with Gasteiger partial charge < -0.3 is 5.32 Å². The zero-order valence-electron chi connectivity index (χ0n) is 10.9. The number of non-ortho nitro benzene ring substituents is 1. The largest absolute Gasteiger partial charge is 0.377 e. The van der Waals surface area contributed by atoms with Crippen molar-refractivity contribution in [2.75, 3.05) is 5.32 Å². The Morgan fingerprint density at radius 1 is 1.24 bits per heavy atom. The minimum absolute atomic E-state index is 0.133. The van der Waals surface area contributed by atoms with Crippen LogP contribution in [0.2, 0.25) is 5.02 Å². The highest BCUT2D eigenvalue weighted by Crippen LogP contribution is 2.30. The molecule has 2 aromatic rings. The van der Waals surface area contributed by atoms with Crippen LogP contribution in [-0.2, 0) is 0 Å². The smallest absolute Gasteiger partial charge is 0.271 e. The zero-order chi connectivity index (χ0) is 15.6. The average Bonchev–Trinajstić information content (AvgIpc) is 2.40. The molecule has 0 aliphatic heterocycles. The van der Waals surface area contributed by atoms with Gasteiger partial charge in [0.1, 0.15) is 11.6 Å². The van der Waals surface area contributed by atoms with Crippen LogP contribution >= 0.6 is 11.6 Å². The van der Waals surface area contributed by atoms with Gasteiger partial charge in [-0.3, -0.25) is 10.1 Å². The molecule has 0 bridgehead atoms. The third kappa shape index (κ3) is 3.46. The van der Waals surface area contributed by atoms with Crippen molar-refractivity contribution in [1.29, 1.82) is 0 Å².